The Hall–Kier alpha value is -2.57. The number of hydrogen-bond donors (Lipinski definition) is 3. The minimum absolute atomic E-state index is 0.282. The van der Waals surface area contributed by atoms with Crippen molar-refractivity contribution in [3.63, 3.8) is 0 Å². The van der Waals surface area contributed by atoms with Gasteiger partial charge in [-0.25, -0.2) is 4.39 Å². The summed E-state index contributed by atoms with van der Waals surface area (Å²) in [6, 6.07) is 10.2. The summed E-state index contributed by atoms with van der Waals surface area (Å²) in [6.07, 6.45) is 3.70. The van der Waals surface area contributed by atoms with Crippen LogP contribution in [0.4, 0.5) is 15.8 Å². The van der Waals surface area contributed by atoms with Crippen LogP contribution in [-0.2, 0) is 4.79 Å². The largest absolute Gasteiger partial charge is 0.377 e. The van der Waals surface area contributed by atoms with Crippen molar-refractivity contribution >= 4 is 35.0 Å². The smallest absolute Gasteiger partial charge is 0.209 e. The predicted molar refractivity (Wildman–Crippen MR) is 108 cm³/mol. The highest BCUT2D eigenvalue weighted by Crippen LogP contribution is 2.32. The van der Waals surface area contributed by atoms with Crippen LogP contribution in [0.15, 0.2) is 42.5 Å². The second-order valence-electron chi connectivity index (χ2n) is 6.52. The zero-order chi connectivity index (χ0) is 19.4. The van der Waals surface area contributed by atoms with Crippen LogP contribution < -0.4 is 16.6 Å². The van der Waals surface area contributed by atoms with Crippen molar-refractivity contribution in [2.24, 2.45) is 5.84 Å². The van der Waals surface area contributed by atoms with Gasteiger partial charge in [0.25, 0.3) is 0 Å². The maximum absolute atomic E-state index is 14.2. The van der Waals surface area contributed by atoms with Crippen molar-refractivity contribution in [2.75, 3.05) is 23.8 Å². The fourth-order valence-corrected chi connectivity index (χ4v) is 3.35. The highest BCUT2D eigenvalue weighted by Gasteiger charge is 2.16. The van der Waals surface area contributed by atoms with Gasteiger partial charge in [-0.1, -0.05) is 29.8 Å². The van der Waals surface area contributed by atoms with E-state index in [0.29, 0.717) is 29.4 Å². The summed E-state index contributed by atoms with van der Waals surface area (Å²) in [5.41, 5.74) is 6.90. The van der Waals surface area contributed by atoms with Gasteiger partial charge in [0.2, 0.25) is 6.41 Å². The predicted octanol–water partition coefficient (Wildman–Crippen LogP) is 4.18. The molecule has 2 aromatic rings. The van der Waals surface area contributed by atoms with Crippen LogP contribution in [0.25, 0.3) is 5.57 Å². The molecule has 0 radical (unpaired) electrons. The summed E-state index contributed by atoms with van der Waals surface area (Å²) < 4.78 is 14.2. The summed E-state index contributed by atoms with van der Waals surface area (Å²) in [7, 11) is 0. The third-order valence-corrected chi connectivity index (χ3v) is 4.97. The van der Waals surface area contributed by atoms with Gasteiger partial charge < -0.3 is 15.6 Å². The van der Waals surface area contributed by atoms with Gasteiger partial charge in [-0.2, -0.15) is 0 Å². The van der Waals surface area contributed by atoms with Crippen LogP contribution in [-0.4, -0.2) is 24.4 Å². The van der Waals surface area contributed by atoms with Crippen LogP contribution in [0.2, 0.25) is 5.02 Å². The van der Waals surface area contributed by atoms with Crippen molar-refractivity contribution < 1.29 is 9.18 Å². The molecule has 142 valence electrons. The van der Waals surface area contributed by atoms with Crippen molar-refractivity contribution in [1.82, 2.24) is 4.90 Å². The van der Waals surface area contributed by atoms with Crippen molar-refractivity contribution in [2.45, 2.75) is 19.4 Å². The summed E-state index contributed by atoms with van der Waals surface area (Å²) in [6.45, 7) is 3.17. The first kappa shape index (κ1) is 19.2. The molecule has 0 spiro atoms. The number of anilines is 2. The van der Waals surface area contributed by atoms with Crippen molar-refractivity contribution in [1.29, 1.82) is 0 Å². The highest BCUT2D eigenvalue weighted by molar-refractivity contribution is 6.30. The summed E-state index contributed by atoms with van der Waals surface area (Å²) in [5.74, 6) is 5.28. The van der Waals surface area contributed by atoms with E-state index in [4.69, 9.17) is 17.4 Å². The van der Waals surface area contributed by atoms with E-state index in [1.165, 1.54) is 11.6 Å². The molecule has 3 rings (SSSR count). The molecule has 0 fully saturated rings. The number of amides is 1. The first-order valence-electron chi connectivity index (χ1n) is 8.72. The Labute approximate surface area is 163 Å². The summed E-state index contributed by atoms with van der Waals surface area (Å²) >= 11 is 5.84. The molecule has 0 saturated heterocycles. The molecule has 4 N–H and O–H groups in total. The topological polar surface area (TPSA) is 70.4 Å². The summed E-state index contributed by atoms with van der Waals surface area (Å²) in [4.78, 5) is 12.6. The first-order valence-corrected chi connectivity index (χ1v) is 9.10. The number of rotatable bonds is 6. The lowest BCUT2D eigenvalue weighted by atomic mass is 9.98. The average Bonchev–Trinajstić information content (AvgIpc) is 2.68. The normalized spacial score (nSPS) is 15.1. The molecule has 1 atom stereocenters. The van der Waals surface area contributed by atoms with Gasteiger partial charge in [-0.15, -0.1) is 0 Å². The van der Waals surface area contributed by atoms with Crippen LogP contribution in [0.3, 0.4) is 0 Å². The number of carbonyl (C=O) groups excluding carboxylic acids is 1. The minimum Gasteiger partial charge on any atom is -0.377 e. The number of nitrogens with one attached hydrogen (secondary N) is 2. The molecule has 1 unspecified atom stereocenters. The van der Waals surface area contributed by atoms with E-state index in [1.807, 2.05) is 25.1 Å². The SMILES string of the molecule is CC(Nc1cc(C2=CCN(C=O)CC2)ccc1NN)c1ccc(Cl)cc1F. The molecule has 5 nitrogen and oxygen atoms in total. The van der Waals surface area contributed by atoms with E-state index in [1.54, 1.807) is 17.0 Å². The molecule has 0 aliphatic carbocycles. The van der Waals surface area contributed by atoms with Gasteiger partial charge >= 0.3 is 0 Å². The summed E-state index contributed by atoms with van der Waals surface area (Å²) in [5, 5.41) is 3.68. The van der Waals surface area contributed by atoms with E-state index in [2.05, 4.69) is 16.8 Å². The maximum atomic E-state index is 14.2. The number of hydrazine groups is 1. The van der Waals surface area contributed by atoms with Gasteiger partial charge in [0.15, 0.2) is 0 Å². The third-order valence-electron chi connectivity index (χ3n) is 4.74. The fraction of sp³-hybridized carbons (Fsp3) is 0.250. The maximum Gasteiger partial charge on any atom is 0.209 e. The fourth-order valence-electron chi connectivity index (χ4n) is 3.20. The van der Waals surface area contributed by atoms with Crippen LogP contribution in [0.1, 0.15) is 30.5 Å². The Bertz CT molecular complexity index is 871. The molecule has 2 aromatic carbocycles. The number of halogens is 2. The molecule has 7 heteroatoms. The van der Waals surface area contributed by atoms with Gasteiger partial charge in [-0.05, 0) is 48.7 Å². The van der Waals surface area contributed by atoms with Gasteiger partial charge in [-0.3, -0.25) is 10.6 Å². The quantitative estimate of drug-likeness (QED) is 0.394. The number of hydrogen-bond acceptors (Lipinski definition) is 4. The Morgan fingerprint density at radius 1 is 1.26 bits per heavy atom. The standard InChI is InChI=1S/C20H22ClFN4O/c1-13(17-4-3-16(21)11-18(17)22)24-20-10-15(2-5-19(20)25-23)14-6-8-26(12-27)9-7-14/h2-6,10-13,24-25H,7-9,23H2,1H3. The molecular formula is C20H22ClFN4O. The van der Waals surface area contributed by atoms with Gasteiger partial charge in [0.05, 0.1) is 17.4 Å². The first-order chi connectivity index (χ1) is 13.0. The Morgan fingerprint density at radius 2 is 2.07 bits per heavy atom. The van der Waals surface area contributed by atoms with Crippen molar-refractivity contribution in [3.8, 4) is 0 Å². The Kier molecular flexibility index (Phi) is 5.98. The van der Waals surface area contributed by atoms with E-state index >= 15 is 0 Å². The van der Waals surface area contributed by atoms with Gasteiger partial charge in [0, 0.05) is 23.7 Å². The third kappa shape index (κ3) is 4.40. The lowest BCUT2D eigenvalue weighted by Gasteiger charge is -2.24. The minimum atomic E-state index is -0.357. The number of benzene rings is 2. The number of nitrogens with two attached hydrogens (primary N) is 1. The zero-order valence-electron chi connectivity index (χ0n) is 15.0. The van der Waals surface area contributed by atoms with Crippen LogP contribution in [0.5, 0.6) is 0 Å². The lowest BCUT2D eigenvalue weighted by Crippen LogP contribution is -2.26. The molecule has 0 bridgehead atoms. The molecule has 1 aliphatic rings. The molecule has 1 aliphatic heterocycles. The van der Waals surface area contributed by atoms with E-state index in [9.17, 15) is 9.18 Å². The second kappa shape index (κ2) is 8.41. The molecule has 27 heavy (non-hydrogen) atoms. The van der Waals surface area contributed by atoms with Crippen LogP contribution >= 0.6 is 11.6 Å². The molecule has 0 saturated carbocycles. The second-order valence-corrected chi connectivity index (χ2v) is 6.95. The molecule has 1 amide bonds. The highest BCUT2D eigenvalue weighted by atomic mass is 35.5. The van der Waals surface area contributed by atoms with Crippen molar-refractivity contribution in [3.05, 3.63) is 64.4 Å². The number of carbonyl (C=O) groups is 1. The lowest BCUT2D eigenvalue weighted by molar-refractivity contribution is -0.117. The number of nitrogen functional groups attached to an aromatic ring is 1. The monoisotopic (exact) mass is 388 g/mol. The van der Waals surface area contributed by atoms with E-state index < -0.39 is 0 Å². The van der Waals surface area contributed by atoms with Crippen LogP contribution in [0, 0.1) is 5.82 Å². The zero-order valence-corrected chi connectivity index (χ0v) is 15.8. The van der Waals surface area contributed by atoms with E-state index in [-0.39, 0.29) is 11.9 Å². The Balaban J connectivity index is 1.85. The van der Waals surface area contributed by atoms with E-state index in [0.717, 1.165) is 24.1 Å². The molecule has 1 heterocycles. The number of nitrogens with zero attached hydrogens (tertiary/aromatic N) is 1. The Morgan fingerprint density at radius 3 is 2.70 bits per heavy atom. The van der Waals surface area contributed by atoms with Gasteiger partial charge in [0.1, 0.15) is 5.82 Å². The molecule has 0 aromatic heterocycles. The average molecular weight is 389 g/mol. The molecular weight excluding hydrogens is 367 g/mol.